The van der Waals surface area contributed by atoms with Crippen LogP contribution >= 0.6 is 0 Å². The van der Waals surface area contributed by atoms with Crippen molar-refractivity contribution in [1.29, 1.82) is 0 Å². The smallest absolute Gasteiger partial charge is 0.216 e. The van der Waals surface area contributed by atoms with E-state index in [0.29, 0.717) is 18.4 Å². The van der Waals surface area contributed by atoms with Gasteiger partial charge in [-0.05, 0) is 44.4 Å². The molecule has 1 N–H and O–H groups in total. The molecule has 1 rings (SSSR count). The van der Waals surface area contributed by atoms with Gasteiger partial charge in [-0.2, -0.15) is 0 Å². The third kappa shape index (κ3) is 5.68. The highest BCUT2D eigenvalue weighted by Gasteiger charge is 2.22. The van der Waals surface area contributed by atoms with Crippen LogP contribution < -0.4 is 4.72 Å². The fourth-order valence-corrected chi connectivity index (χ4v) is 3.08. The van der Waals surface area contributed by atoms with E-state index in [2.05, 4.69) is 4.72 Å². The summed E-state index contributed by atoms with van der Waals surface area (Å²) >= 11 is 0. The molecule has 0 aliphatic carbocycles. The van der Waals surface area contributed by atoms with E-state index in [1.807, 2.05) is 0 Å². The van der Waals surface area contributed by atoms with Crippen molar-refractivity contribution in [3.8, 4) is 0 Å². The van der Waals surface area contributed by atoms with Crippen molar-refractivity contribution >= 4 is 10.0 Å². The van der Waals surface area contributed by atoms with Crippen LogP contribution in [0, 0.1) is 11.6 Å². The molecule has 0 bridgehead atoms. The van der Waals surface area contributed by atoms with E-state index in [1.165, 1.54) is 13.2 Å². The van der Waals surface area contributed by atoms with Crippen molar-refractivity contribution in [1.82, 2.24) is 4.72 Å². The Kier molecular flexibility index (Phi) is 6.70. The Hall–Kier alpha value is -1.05. The van der Waals surface area contributed by atoms with Gasteiger partial charge in [0.2, 0.25) is 10.0 Å². The van der Waals surface area contributed by atoms with Gasteiger partial charge in [0.25, 0.3) is 0 Å². The first-order chi connectivity index (χ1) is 9.76. The fourth-order valence-electron chi connectivity index (χ4n) is 1.86. The SMILES string of the molecule is COC[C@H](C)S(=O)(=O)N[C@H](C)CCc1ccc(F)c(F)c1. The number of nitrogens with one attached hydrogen (secondary N) is 1. The first-order valence-electron chi connectivity index (χ1n) is 6.70. The summed E-state index contributed by atoms with van der Waals surface area (Å²) in [7, 11) is -2.01. The zero-order valence-corrected chi connectivity index (χ0v) is 13.2. The number of ether oxygens (including phenoxy) is 1. The van der Waals surface area contributed by atoms with Crippen LogP contribution in [-0.4, -0.2) is 33.4 Å². The van der Waals surface area contributed by atoms with Gasteiger partial charge >= 0.3 is 0 Å². The minimum Gasteiger partial charge on any atom is -0.383 e. The molecule has 0 saturated carbocycles. The van der Waals surface area contributed by atoms with Gasteiger partial charge in [-0.3, -0.25) is 0 Å². The molecule has 1 aromatic rings. The van der Waals surface area contributed by atoms with Crippen molar-refractivity contribution < 1.29 is 21.9 Å². The molecule has 7 heteroatoms. The van der Waals surface area contributed by atoms with Crippen molar-refractivity contribution in [2.75, 3.05) is 13.7 Å². The van der Waals surface area contributed by atoms with Gasteiger partial charge in [0.1, 0.15) is 0 Å². The van der Waals surface area contributed by atoms with Crippen LogP contribution in [-0.2, 0) is 21.2 Å². The second-order valence-electron chi connectivity index (χ2n) is 5.12. The van der Waals surface area contributed by atoms with Crippen LogP contribution in [0.3, 0.4) is 0 Å². The summed E-state index contributed by atoms with van der Waals surface area (Å²) in [5, 5.41) is -0.645. The Morgan fingerprint density at radius 1 is 1.24 bits per heavy atom. The molecule has 0 unspecified atom stereocenters. The quantitative estimate of drug-likeness (QED) is 0.799. The molecule has 21 heavy (non-hydrogen) atoms. The lowest BCUT2D eigenvalue weighted by Gasteiger charge is -2.18. The predicted octanol–water partition coefficient (Wildman–Crippen LogP) is 2.24. The molecule has 0 aliphatic heterocycles. The molecule has 0 heterocycles. The summed E-state index contributed by atoms with van der Waals surface area (Å²) in [6, 6.07) is 3.39. The van der Waals surface area contributed by atoms with Crippen molar-refractivity contribution in [3.05, 3.63) is 35.4 Å². The molecular weight excluding hydrogens is 300 g/mol. The number of halogens is 2. The molecule has 0 radical (unpaired) electrons. The molecular formula is C14H21F2NO3S. The molecule has 1 aromatic carbocycles. The maximum Gasteiger partial charge on any atom is 0.216 e. The molecule has 2 atom stereocenters. The zero-order valence-electron chi connectivity index (χ0n) is 12.4. The molecule has 4 nitrogen and oxygen atoms in total. The highest BCUT2D eigenvalue weighted by atomic mass is 32.2. The number of rotatable bonds is 8. The number of methoxy groups -OCH3 is 1. The van der Waals surface area contributed by atoms with Gasteiger partial charge in [-0.25, -0.2) is 21.9 Å². The number of sulfonamides is 1. The Morgan fingerprint density at radius 3 is 2.48 bits per heavy atom. The van der Waals surface area contributed by atoms with E-state index in [9.17, 15) is 17.2 Å². The van der Waals surface area contributed by atoms with E-state index < -0.39 is 26.9 Å². The minimum atomic E-state index is -3.45. The monoisotopic (exact) mass is 321 g/mol. The Morgan fingerprint density at radius 2 is 1.90 bits per heavy atom. The average molecular weight is 321 g/mol. The maximum absolute atomic E-state index is 13.1. The average Bonchev–Trinajstić information content (AvgIpc) is 2.40. The first-order valence-corrected chi connectivity index (χ1v) is 8.25. The molecule has 0 aromatic heterocycles. The Bertz CT molecular complexity index is 563. The number of hydrogen-bond donors (Lipinski definition) is 1. The summed E-state index contributed by atoms with van der Waals surface area (Å²) in [5.41, 5.74) is 0.630. The van der Waals surface area contributed by atoms with E-state index in [4.69, 9.17) is 4.74 Å². The third-order valence-corrected chi connectivity index (χ3v) is 5.07. The zero-order chi connectivity index (χ0) is 16.0. The van der Waals surface area contributed by atoms with Gasteiger partial charge in [0.05, 0.1) is 11.9 Å². The normalized spacial score (nSPS) is 14.9. The summed E-state index contributed by atoms with van der Waals surface area (Å²) in [5.74, 6) is -1.78. The predicted molar refractivity (Wildman–Crippen MR) is 77.5 cm³/mol. The summed E-state index contributed by atoms with van der Waals surface area (Å²) in [6.07, 6.45) is 0.948. The van der Waals surface area contributed by atoms with Crippen molar-refractivity contribution in [3.63, 3.8) is 0 Å². The molecule has 0 fully saturated rings. The van der Waals surface area contributed by atoms with Crippen molar-refractivity contribution in [2.24, 2.45) is 0 Å². The highest BCUT2D eigenvalue weighted by Crippen LogP contribution is 2.12. The van der Waals surface area contributed by atoms with Gasteiger partial charge in [0, 0.05) is 13.2 Å². The molecule has 0 aliphatic rings. The Labute approximate surface area is 124 Å². The Balaban J connectivity index is 2.54. The van der Waals surface area contributed by atoms with Crippen LogP contribution in [0.25, 0.3) is 0 Å². The molecule has 0 spiro atoms. The fraction of sp³-hybridized carbons (Fsp3) is 0.571. The van der Waals surface area contributed by atoms with Crippen LogP contribution in [0.5, 0.6) is 0 Å². The molecule has 0 saturated heterocycles. The van der Waals surface area contributed by atoms with E-state index in [1.54, 1.807) is 13.8 Å². The van der Waals surface area contributed by atoms with Crippen LogP contribution in [0.4, 0.5) is 8.78 Å². The van der Waals surface area contributed by atoms with Crippen LogP contribution in [0.2, 0.25) is 0 Å². The number of hydrogen-bond acceptors (Lipinski definition) is 3. The van der Waals surface area contributed by atoms with Crippen molar-refractivity contribution in [2.45, 2.75) is 38.0 Å². The second-order valence-corrected chi connectivity index (χ2v) is 7.25. The van der Waals surface area contributed by atoms with Gasteiger partial charge < -0.3 is 4.74 Å². The first kappa shape index (κ1) is 18.0. The summed E-state index contributed by atoms with van der Waals surface area (Å²) < 4.78 is 57.1. The van der Waals surface area contributed by atoms with Gasteiger partial charge in [-0.15, -0.1) is 0 Å². The number of benzene rings is 1. The largest absolute Gasteiger partial charge is 0.383 e. The van der Waals surface area contributed by atoms with Crippen LogP contribution in [0.15, 0.2) is 18.2 Å². The van der Waals surface area contributed by atoms with E-state index >= 15 is 0 Å². The minimum absolute atomic E-state index is 0.116. The topological polar surface area (TPSA) is 55.4 Å². The number of aryl methyl sites for hydroxylation is 1. The van der Waals surface area contributed by atoms with E-state index in [-0.39, 0.29) is 12.6 Å². The molecule has 120 valence electrons. The lowest BCUT2D eigenvalue weighted by molar-refractivity contribution is 0.200. The third-order valence-electron chi connectivity index (χ3n) is 3.15. The van der Waals surface area contributed by atoms with Gasteiger partial charge in [-0.1, -0.05) is 6.07 Å². The molecule has 0 amide bonds. The highest BCUT2D eigenvalue weighted by molar-refractivity contribution is 7.90. The summed E-state index contributed by atoms with van der Waals surface area (Å²) in [6.45, 7) is 3.41. The lowest BCUT2D eigenvalue weighted by atomic mass is 10.1. The lowest BCUT2D eigenvalue weighted by Crippen LogP contribution is -2.40. The summed E-state index contributed by atoms with van der Waals surface area (Å²) in [4.78, 5) is 0. The second kappa shape index (κ2) is 7.82. The van der Waals surface area contributed by atoms with Gasteiger partial charge in [0.15, 0.2) is 11.6 Å². The maximum atomic E-state index is 13.1. The standard InChI is InChI=1S/C14H21F2NO3S/c1-10(17-21(18,19)11(2)9-20-3)4-5-12-6-7-13(15)14(16)8-12/h6-8,10-11,17H,4-5,9H2,1-3H3/t10-,11+/m1/s1. The van der Waals surface area contributed by atoms with Crippen LogP contribution in [0.1, 0.15) is 25.8 Å². The van der Waals surface area contributed by atoms with E-state index in [0.717, 1.165) is 12.1 Å².